The molecule has 6 rings (SSSR count). The topological polar surface area (TPSA) is 79.4 Å². The van der Waals surface area contributed by atoms with Crippen molar-refractivity contribution in [1.29, 1.82) is 0 Å². The molecule has 6 nitrogen and oxygen atoms in total. The van der Waals surface area contributed by atoms with Crippen LogP contribution in [0, 0.1) is 5.92 Å². The number of rotatable bonds is 4. The molecule has 3 heterocycles. The molecule has 2 aromatic heterocycles. The summed E-state index contributed by atoms with van der Waals surface area (Å²) < 4.78 is 1.10. The summed E-state index contributed by atoms with van der Waals surface area (Å²) >= 11 is 3.21. The monoisotopic (exact) mass is 487 g/mol. The van der Waals surface area contributed by atoms with Crippen LogP contribution < -0.4 is 5.32 Å². The van der Waals surface area contributed by atoms with Gasteiger partial charge in [0.15, 0.2) is 0 Å². The molecule has 0 saturated heterocycles. The number of nitrogens with one attached hydrogen (secondary N) is 1. The van der Waals surface area contributed by atoms with E-state index in [1.54, 1.807) is 46.9 Å². The number of anilines is 1. The van der Waals surface area contributed by atoms with E-state index >= 15 is 0 Å². The number of aromatic nitrogens is 1. The number of carbonyl (C=O) groups is 3. The normalized spacial score (nSPS) is 17.2. The van der Waals surface area contributed by atoms with E-state index < -0.39 is 11.8 Å². The van der Waals surface area contributed by atoms with Crippen molar-refractivity contribution < 1.29 is 14.4 Å². The SMILES string of the molecule is C[C@H]1CCc2c(sc(NC(=O)CN3C(=O)c4ccccc4C3=O)c2-c2nc3ccccc3s2)C1. The van der Waals surface area contributed by atoms with Crippen molar-refractivity contribution in [2.24, 2.45) is 5.92 Å². The molecule has 2 aliphatic rings. The Balaban J connectivity index is 1.32. The van der Waals surface area contributed by atoms with Crippen LogP contribution in [0.25, 0.3) is 20.8 Å². The van der Waals surface area contributed by atoms with Gasteiger partial charge in [-0.3, -0.25) is 19.3 Å². The van der Waals surface area contributed by atoms with E-state index in [9.17, 15) is 14.4 Å². The van der Waals surface area contributed by atoms with Gasteiger partial charge in [-0.15, -0.1) is 22.7 Å². The standard InChI is InChI=1S/C26H21N3O3S2/c1-14-10-11-17-20(12-14)34-24(22(17)23-27-18-8-4-5-9-19(18)33-23)28-21(30)13-29-25(31)15-6-2-3-7-16(15)26(29)32/h2-9,14H,10-13H2,1H3,(H,28,30)/t14-/m0/s1. The molecule has 34 heavy (non-hydrogen) atoms. The first-order valence-electron chi connectivity index (χ1n) is 11.2. The van der Waals surface area contributed by atoms with Crippen molar-refractivity contribution in [1.82, 2.24) is 9.88 Å². The number of amides is 3. The summed E-state index contributed by atoms with van der Waals surface area (Å²) in [6.45, 7) is 1.94. The van der Waals surface area contributed by atoms with Gasteiger partial charge >= 0.3 is 0 Å². The lowest BCUT2D eigenvalue weighted by Crippen LogP contribution is -2.37. The molecule has 170 valence electrons. The number of hydrogen-bond donors (Lipinski definition) is 1. The second kappa shape index (κ2) is 8.14. The number of nitrogens with zero attached hydrogens (tertiary/aromatic N) is 2. The van der Waals surface area contributed by atoms with Gasteiger partial charge in [0.1, 0.15) is 16.6 Å². The van der Waals surface area contributed by atoms with Crippen molar-refractivity contribution in [3.8, 4) is 10.6 Å². The van der Waals surface area contributed by atoms with Crippen LogP contribution in [0.4, 0.5) is 5.00 Å². The zero-order chi connectivity index (χ0) is 23.4. The van der Waals surface area contributed by atoms with Crippen molar-refractivity contribution in [2.75, 3.05) is 11.9 Å². The fourth-order valence-electron chi connectivity index (χ4n) is 4.74. The van der Waals surface area contributed by atoms with Crippen LogP contribution in [0.15, 0.2) is 48.5 Å². The van der Waals surface area contributed by atoms with E-state index in [1.165, 1.54) is 10.4 Å². The molecule has 0 unspecified atom stereocenters. The van der Waals surface area contributed by atoms with Gasteiger partial charge in [0.05, 0.1) is 21.3 Å². The Labute approximate surface area is 204 Å². The van der Waals surface area contributed by atoms with Gasteiger partial charge in [0.25, 0.3) is 11.8 Å². The van der Waals surface area contributed by atoms with Gasteiger partial charge in [-0.2, -0.15) is 0 Å². The summed E-state index contributed by atoms with van der Waals surface area (Å²) in [7, 11) is 0. The van der Waals surface area contributed by atoms with Gasteiger partial charge in [-0.1, -0.05) is 31.2 Å². The van der Waals surface area contributed by atoms with E-state index in [-0.39, 0.29) is 12.5 Å². The molecule has 1 atom stereocenters. The van der Waals surface area contributed by atoms with Crippen LogP contribution >= 0.6 is 22.7 Å². The number of fused-ring (bicyclic) bond motifs is 3. The van der Waals surface area contributed by atoms with Crippen molar-refractivity contribution >= 4 is 55.6 Å². The van der Waals surface area contributed by atoms with Crippen LogP contribution in [0.5, 0.6) is 0 Å². The Hall–Kier alpha value is -3.36. The van der Waals surface area contributed by atoms with E-state index in [2.05, 4.69) is 18.3 Å². The number of para-hydroxylation sites is 1. The highest BCUT2D eigenvalue weighted by Crippen LogP contribution is 2.47. The Morgan fingerprint density at radius 2 is 1.76 bits per heavy atom. The van der Waals surface area contributed by atoms with Gasteiger partial charge in [-0.25, -0.2) is 4.98 Å². The maximum Gasteiger partial charge on any atom is 0.262 e. The van der Waals surface area contributed by atoms with Crippen LogP contribution in [0.1, 0.15) is 44.5 Å². The smallest absolute Gasteiger partial charge is 0.262 e. The molecular weight excluding hydrogens is 466 g/mol. The molecule has 3 amide bonds. The minimum atomic E-state index is -0.429. The Morgan fingerprint density at radius 3 is 2.50 bits per heavy atom. The molecule has 1 aliphatic heterocycles. The first kappa shape index (κ1) is 21.2. The zero-order valence-corrected chi connectivity index (χ0v) is 20.1. The lowest BCUT2D eigenvalue weighted by Gasteiger charge is -2.18. The number of thiazole rings is 1. The molecular formula is C26H21N3O3S2. The molecule has 2 aromatic carbocycles. The first-order chi connectivity index (χ1) is 16.5. The molecule has 0 radical (unpaired) electrons. The fourth-order valence-corrected chi connectivity index (χ4v) is 7.27. The van der Waals surface area contributed by atoms with Gasteiger partial charge in [0.2, 0.25) is 5.91 Å². The molecule has 0 bridgehead atoms. The molecule has 1 N–H and O–H groups in total. The van der Waals surface area contributed by atoms with E-state index in [1.807, 2.05) is 18.2 Å². The second-order valence-corrected chi connectivity index (χ2v) is 11.0. The maximum atomic E-state index is 13.1. The third kappa shape index (κ3) is 3.45. The third-order valence-corrected chi connectivity index (χ3v) is 8.68. The molecule has 1 aliphatic carbocycles. The average molecular weight is 488 g/mol. The Morgan fingerprint density at radius 1 is 1.06 bits per heavy atom. The summed E-state index contributed by atoms with van der Waals surface area (Å²) in [5, 5.41) is 4.66. The Bertz CT molecular complexity index is 1420. The molecule has 0 saturated carbocycles. The lowest BCUT2D eigenvalue weighted by molar-refractivity contribution is -0.116. The summed E-state index contributed by atoms with van der Waals surface area (Å²) in [6, 6.07) is 14.7. The zero-order valence-electron chi connectivity index (χ0n) is 18.5. The summed E-state index contributed by atoms with van der Waals surface area (Å²) in [6.07, 6.45) is 3.03. The predicted octanol–water partition coefficient (Wildman–Crippen LogP) is 5.38. The van der Waals surface area contributed by atoms with Gasteiger partial charge in [-0.05, 0) is 55.0 Å². The third-order valence-electron chi connectivity index (χ3n) is 6.45. The van der Waals surface area contributed by atoms with Crippen LogP contribution in [0.2, 0.25) is 0 Å². The van der Waals surface area contributed by atoms with Crippen LogP contribution in [-0.2, 0) is 17.6 Å². The van der Waals surface area contributed by atoms with Gasteiger partial charge in [0, 0.05) is 10.4 Å². The van der Waals surface area contributed by atoms with Crippen molar-refractivity contribution in [2.45, 2.75) is 26.2 Å². The summed E-state index contributed by atoms with van der Waals surface area (Å²) in [5.41, 5.74) is 3.88. The lowest BCUT2D eigenvalue weighted by atomic mass is 9.88. The van der Waals surface area contributed by atoms with E-state index in [0.717, 1.165) is 50.0 Å². The molecule has 0 spiro atoms. The highest BCUT2D eigenvalue weighted by molar-refractivity contribution is 7.23. The second-order valence-electron chi connectivity index (χ2n) is 8.83. The average Bonchev–Trinajstić information content (AvgIpc) is 3.47. The fraction of sp³-hybridized carbons (Fsp3) is 0.231. The number of benzene rings is 2. The quantitative estimate of drug-likeness (QED) is 0.392. The molecule has 8 heteroatoms. The van der Waals surface area contributed by atoms with Crippen LogP contribution in [-0.4, -0.2) is 34.2 Å². The number of imide groups is 1. The number of carbonyl (C=O) groups excluding carboxylic acids is 3. The summed E-state index contributed by atoms with van der Waals surface area (Å²) in [5.74, 6) is -0.650. The van der Waals surface area contributed by atoms with Gasteiger partial charge < -0.3 is 5.32 Å². The van der Waals surface area contributed by atoms with Crippen LogP contribution in [0.3, 0.4) is 0 Å². The maximum absolute atomic E-state index is 13.1. The predicted molar refractivity (Wildman–Crippen MR) is 135 cm³/mol. The number of hydrogen-bond acceptors (Lipinski definition) is 6. The highest BCUT2D eigenvalue weighted by atomic mass is 32.1. The minimum Gasteiger partial charge on any atom is -0.316 e. The van der Waals surface area contributed by atoms with E-state index in [4.69, 9.17) is 4.98 Å². The largest absolute Gasteiger partial charge is 0.316 e. The van der Waals surface area contributed by atoms with E-state index in [0.29, 0.717) is 17.0 Å². The first-order valence-corrected chi connectivity index (χ1v) is 12.9. The minimum absolute atomic E-state index is 0.315. The molecule has 0 fully saturated rings. The Kier molecular flexibility index (Phi) is 5.08. The van der Waals surface area contributed by atoms with Crippen molar-refractivity contribution in [3.63, 3.8) is 0 Å². The summed E-state index contributed by atoms with van der Waals surface area (Å²) in [4.78, 5) is 45.6. The number of thiophene rings is 1. The van der Waals surface area contributed by atoms with Crippen molar-refractivity contribution in [3.05, 3.63) is 70.1 Å². The molecule has 4 aromatic rings. The highest BCUT2D eigenvalue weighted by Gasteiger charge is 2.36.